The van der Waals surface area contributed by atoms with Gasteiger partial charge in [0.25, 0.3) is 11.8 Å². The molecule has 0 radical (unpaired) electrons. The Morgan fingerprint density at radius 1 is 1.13 bits per heavy atom. The SMILES string of the molecule is CCn1cc(C(=O)Nc2sc(-c3ccccc3)c(C)c2C(=O)N2CCCCC2)cn1. The summed E-state index contributed by atoms with van der Waals surface area (Å²) in [6.45, 7) is 6.18. The van der Waals surface area contributed by atoms with Crippen molar-refractivity contribution in [1.29, 1.82) is 0 Å². The number of nitrogens with one attached hydrogen (secondary N) is 1. The van der Waals surface area contributed by atoms with Crippen molar-refractivity contribution < 1.29 is 9.59 Å². The van der Waals surface area contributed by atoms with Crippen LogP contribution in [0.1, 0.15) is 52.5 Å². The number of rotatable bonds is 5. The van der Waals surface area contributed by atoms with Crippen LogP contribution in [0.4, 0.5) is 5.00 Å². The van der Waals surface area contributed by atoms with Crippen LogP contribution in [-0.2, 0) is 6.54 Å². The second-order valence-electron chi connectivity index (χ2n) is 7.52. The summed E-state index contributed by atoms with van der Waals surface area (Å²) in [6, 6.07) is 10.0. The van der Waals surface area contributed by atoms with E-state index in [1.165, 1.54) is 11.3 Å². The van der Waals surface area contributed by atoms with Gasteiger partial charge in [-0.1, -0.05) is 30.3 Å². The molecule has 2 amide bonds. The number of piperidine rings is 1. The number of hydrogen-bond donors (Lipinski definition) is 1. The minimum absolute atomic E-state index is 0.00480. The third-order valence-electron chi connectivity index (χ3n) is 5.49. The smallest absolute Gasteiger partial charge is 0.259 e. The lowest BCUT2D eigenvalue weighted by Crippen LogP contribution is -2.36. The number of thiophene rings is 1. The van der Waals surface area contributed by atoms with Gasteiger partial charge in [0.2, 0.25) is 0 Å². The summed E-state index contributed by atoms with van der Waals surface area (Å²) in [6.07, 6.45) is 6.49. The molecule has 1 fully saturated rings. The van der Waals surface area contributed by atoms with Gasteiger partial charge in [-0.25, -0.2) is 0 Å². The highest BCUT2D eigenvalue weighted by molar-refractivity contribution is 7.20. The second-order valence-corrected chi connectivity index (χ2v) is 8.54. The lowest BCUT2D eigenvalue weighted by Gasteiger charge is -2.27. The van der Waals surface area contributed by atoms with Crippen LogP contribution in [0.25, 0.3) is 10.4 Å². The number of aromatic nitrogens is 2. The molecule has 1 aliphatic heterocycles. The molecule has 0 saturated carbocycles. The summed E-state index contributed by atoms with van der Waals surface area (Å²) in [5.41, 5.74) is 3.06. The van der Waals surface area contributed by atoms with Gasteiger partial charge >= 0.3 is 0 Å². The molecular formula is C23H26N4O2S. The molecule has 1 saturated heterocycles. The fraction of sp³-hybridized carbons (Fsp3) is 0.348. The van der Waals surface area contributed by atoms with Crippen molar-refractivity contribution in [2.45, 2.75) is 39.7 Å². The van der Waals surface area contributed by atoms with Crippen LogP contribution in [-0.4, -0.2) is 39.6 Å². The maximum absolute atomic E-state index is 13.4. The molecular weight excluding hydrogens is 396 g/mol. The summed E-state index contributed by atoms with van der Waals surface area (Å²) in [5.74, 6) is -0.242. The fourth-order valence-electron chi connectivity index (χ4n) is 3.81. The Morgan fingerprint density at radius 2 is 1.87 bits per heavy atom. The van der Waals surface area contributed by atoms with E-state index in [1.807, 2.05) is 49.1 Å². The normalized spacial score (nSPS) is 14.0. The van der Waals surface area contributed by atoms with Crippen molar-refractivity contribution in [3.63, 3.8) is 0 Å². The molecule has 3 heterocycles. The zero-order valence-corrected chi connectivity index (χ0v) is 18.2. The van der Waals surface area contributed by atoms with Crippen molar-refractivity contribution in [1.82, 2.24) is 14.7 Å². The van der Waals surface area contributed by atoms with Crippen LogP contribution >= 0.6 is 11.3 Å². The zero-order valence-electron chi connectivity index (χ0n) is 17.4. The maximum Gasteiger partial charge on any atom is 0.259 e. The topological polar surface area (TPSA) is 67.2 Å². The molecule has 4 rings (SSSR count). The first kappa shape index (κ1) is 20.3. The van der Waals surface area contributed by atoms with E-state index in [1.54, 1.807) is 17.1 Å². The molecule has 3 aromatic rings. The number of hydrogen-bond acceptors (Lipinski definition) is 4. The monoisotopic (exact) mass is 422 g/mol. The van der Waals surface area contributed by atoms with Gasteiger partial charge < -0.3 is 10.2 Å². The van der Waals surface area contributed by atoms with Gasteiger partial charge in [0.1, 0.15) is 5.00 Å². The van der Waals surface area contributed by atoms with Gasteiger partial charge in [0.15, 0.2) is 0 Å². The molecule has 0 bridgehead atoms. The predicted octanol–water partition coefficient (Wildman–Crippen LogP) is 4.82. The highest BCUT2D eigenvalue weighted by Gasteiger charge is 2.28. The Kier molecular flexibility index (Phi) is 5.99. The Hall–Kier alpha value is -2.93. The molecule has 2 aromatic heterocycles. The largest absolute Gasteiger partial charge is 0.339 e. The van der Waals surface area contributed by atoms with Gasteiger partial charge in [-0.3, -0.25) is 14.3 Å². The molecule has 6 nitrogen and oxygen atoms in total. The maximum atomic E-state index is 13.4. The Balaban J connectivity index is 1.71. The summed E-state index contributed by atoms with van der Waals surface area (Å²) in [4.78, 5) is 29.2. The third kappa shape index (κ3) is 4.03. The number of aryl methyl sites for hydroxylation is 1. The van der Waals surface area contributed by atoms with Crippen LogP contribution in [0.3, 0.4) is 0 Å². The predicted molar refractivity (Wildman–Crippen MR) is 120 cm³/mol. The molecule has 0 spiro atoms. The molecule has 1 N–H and O–H groups in total. The van der Waals surface area contributed by atoms with Gasteiger partial charge in [0.05, 0.1) is 17.3 Å². The van der Waals surface area contributed by atoms with Gasteiger partial charge in [-0.15, -0.1) is 11.3 Å². The zero-order chi connectivity index (χ0) is 21.1. The summed E-state index contributed by atoms with van der Waals surface area (Å²) in [5, 5.41) is 7.78. The van der Waals surface area contributed by atoms with E-state index in [-0.39, 0.29) is 11.8 Å². The number of likely N-dealkylation sites (tertiary alicyclic amines) is 1. The van der Waals surface area contributed by atoms with E-state index in [0.717, 1.165) is 48.4 Å². The molecule has 0 unspecified atom stereocenters. The molecule has 0 atom stereocenters. The van der Waals surface area contributed by atoms with Gasteiger partial charge in [0, 0.05) is 30.7 Å². The number of carbonyl (C=O) groups is 2. The lowest BCUT2D eigenvalue weighted by atomic mass is 10.0. The van der Waals surface area contributed by atoms with E-state index in [4.69, 9.17) is 0 Å². The van der Waals surface area contributed by atoms with Crippen molar-refractivity contribution in [3.05, 3.63) is 59.4 Å². The Labute approximate surface area is 180 Å². The fourth-order valence-corrected chi connectivity index (χ4v) is 5.01. The van der Waals surface area contributed by atoms with Crippen LogP contribution in [0.2, 0.25) is 0 Å². The van der Waals surface area contributed by atoms with E-state index in [0.29, 0.717) is 22.7 Å². The first-order valence-electron chi connectivity index (χ1n) is 10.4. The van der Waals surface area contributed by atoms with Gasteiger partial charge in [-0.2, -0.15) is 5.10 Å². The number of benzene rings is 1. The number of anilines is 1. The van der Waals surface area contributed by atoms with Crippen molar-refractivity contribution in [3.8, 4) is 10.4 Å². The Morgan fingerprint density at radius 3 is 2.53 bits per heavy atom. The van der Waals surface area contributed by atoms with Crippen LogP contribution < -0.4 is 5.32 Å². The van der Waals surface area contributed by atoms with Gasteiger partial charge in [-0.05, 0) is 44.2 Å². The summed E-state index contributed by atoms with van der Waals surface area (Å²) < 4.78 is 1.71. The minimum atomic E-state index is -0.247. The van der Waals surface area contributed by atoms with Crippen molar-refractivity contribution >= 4 is 28.2 Å². The van der Waals surface area contributed by atoms with E-state index < -0.39 is 0 Å². The highest BCUT2D eigenvalue weighted by Crippen LogP contribution is 2.41. The first-order valence-corrected chi connectivity index (χ1v) is 11.2. The summed E-state index contributed by atoms with van der Waals surface area (Å²) in [7, 11) is 0. The highest BCUT2D eigenvalue weighted by atomic mass is 32.1. The van der Waals surface area contributed by atoms with E-state index >= 15 is 0 Å². The Bertz CT molecular complexity index is 1050. The standard InChI is InChI=1S/C23H26N4O2S/c1-3-27-15-18(14-24-27)21(28)25-22-19(23(29)26-12-8-5-9-13-26)16(2)20(30-22)17-10-6-4-7-11-17/h4,6-7,10-11,14-15H,3,5,8-9,12-13H2,1-2H3,(H,25,28). The average Bonchev–Trinajstić information content (AvgIpc) is 3.39. The van der Waals surface area contributed by atoms with Crippen LogP contribution in [0, 0.1) is 6.92 Å². The second kappa shape index (κ2) is 8.83. The van der Waals surface area contributed by atoms with Crippen LogP contribution in [0.15, 0.2) is 42.7 Å². The molecule has 0 aliphatic carbocycles. The number of carbonyl (C=O) groups excluding carboxylic acids is 2. The minimum Gasteiger partial charge on any atom is -0.339 e. The van der Waals surface area contributed by atoms with E-state index in [2.05, 4.69) is 10.4 Å². The van der Waals surface area contributed by atoms with Crippen molar-refractivity contribution in [2.75, 3.05) is 18.4 Å². The summed E-state index contributed by atoms with van der Waals surface area (Å²) >= 11 is 1.46. The first-order chi connectivity index (χ1) is 14.6. The molecule has 30 heavy (non-hydrogen) atoms. The van der Waals surface area contributed by atoms with E-state index in [9.17, 15) is 9.59 Å². The molecule has 7 heteroatoms. The molecule has 1 aliphatic rings. The number of amides is 2. The quantitative estimate of drug-likeness (QED) is 0.641. The molecule has 1 aromatic carbocycles. The average molecular weight is 423 g/mol. The number of nitrogens with zero attached hydrogens (tertiary/aromatic N) is 3. The van der Waals surface area contributed by atoms with Crippen LogP contribution in [0.5, 0.6) is 0 Å². The molecule has 156 valence electrons. The van der Waals surface area contributed by atoms with Crippen molar-refractivity contribution in [2.24, 2.45) is 0 Å². The third-order valence-corrected chi connectivity index (χ3v) is 6.74. The lowest BCUT2D eigenvalue weighted by molar-refractivity contribution is 0.0725.